The van der Waals surface area contributed by atoms with Gasteiger partial charge in [-0.25, -0.2) is 27.3 Å². The number of halogens is 4. The number of nitrogens with one attached hydrogen (secondary N) is 1. The zero-order chi connectivity index (χ0) is 32.8. The standard InChI is InChI=1S/C29H33F4N5O6S/c1-14-15(6-7-16(30)21(14)31)22-20(26(39)43-5)17(35-24(36-22)25-34-8-9-45-25)10-37-13-29(32,33)23-18(37)12-44-38(23)11-19(42-4)28(2,3)27(40)41/h6-9,18-19,22-23H,10-13H2,1-5H3,(H,35,36)(H,40,41)/t18-,19-,22+,23+/m1/s1. The number of carbonyl (C=O) groups excluding carboxylic acids is 1. The summed E-state index contributed by atoms with van der Waals surface area (Å²) >= 11 is 1.23. The molecule has 0 spiro atoms. The summed E-state index contributed by atoms with van der Waals surface area (Å²) in [6.45, 7) is 2.96. The number of nitrogens with zero attached hydrogens (tertiary/aromatic N) is 4. The molecule has 1 aromatic heterocycles. The molecule has 0 amide bonds. The molecule has 11 nitrogen and oxygen atoms in total. The molecule has 0 aliphatic carbocycles. The molecule has 2 N–H and O–H groups in total. The van der Waals surface area contributed by atoms with Gasteiger partial charge in [0.25, 0.3) is 5.92 Å². The van der Waals surface area contributed by atoms with Crippen LogP contribution in [0.3, 0.4) is 0 Å². The lowest BCUT2D eigenvalue weighted by atomic mass is 9.86. The van der Waals surface area contributed by atoms with Crippen molar-refractivity contribution >= 4 is 29.1 Å². The van der Waals surface area contributed by atoms with Crippen molar-refractivity contribution < 1.29 is 46.6 Å². The first-order valence-corrected chi connectivity index (χ1v) is 14.9. The largest absolute Gasteiger partial charge is 0.481 e. The van der Waals surface area contributed by atoms with Crippen LogP contribution in [0, 0.1) is 24.0 Å². The molecule has 2 aromatic rings. The number of aromatic nitrogens is 1. The topological polar surface area (TPSA) is 126 Å². The Balaban J connectivity index is 1.52. The van der Waals surface area contributed by atoms with Gasteiger partial charge in [-0.2, -0.15) is 5.06 Å². The lowest BCUT2D eigenvalue weighted by molar-refractivity contribution is -0.205. The fourth-order valence-electron chi connectivity index (χ4n) is 5.96. The summed E-state index contributed by atoms with van der Waals surface area (Å²) in [7, 11) is 2.46. The Labute approximate surface area is 260 Å². The normalized spacial score (nSPS) is 24.3. The van der Waals surface area contributed by atoms with Crippen molar-refractivity contribution in [2.75, 3.05) is 40.5 Å². The molecule has 1 aromatic carbocycles. The van der Waals surface area contributed by atoms with Crippen molar-refractivity contribution in [1.29, 1.82) is 0 Å². The second-order valence-corrected chi connectivity index (χ2v) is 12.5. The number of likely N-dealkylation sites (tertiary alicyclic amines) is 1. The van der Waals surface area contributed by atoms with Gasteiger partial charge in [-0.05, 0) is 38.0 Å². The third kappa shape index (κ3) is 5.96. The highest BCUT2D eigenvalue weighted by atomic mass is 32.1. The Kier molecular flexibility index (Phi) is 9.07. The van der Waals surface area contributed by atoms with Gasteiger partial charge in [0.05, 0.1) is 49.9 Å². The Morgan fingerprint density at radius 2 is 2.02 bits per heavy atom. The summed E-state index contributed by atoms with van der Waals surface area (Å²) in [4.78, 5) is 41.2. The maximum Gasteiger partial charge on any atom is 0.338 e. The van der Waals surface area contributed by atoms with Crippen LogP contribution in [0.1, 0.15) is 36.0 Å². The number of carbonyl (C=O) groups is 2. The van der Waals surface area contributed by atoms with Crippen LogP contribution in [0.2, 0.25) is 0 Å². The fourth-order valence-corrected chi connectivity index (χ4v) is 6.55. The van der Waals surface area contributed by atoms with Crippen LogP contribution in [-0.2, 0) is 23.9 Å². The van der Waals surface area contributed by atoms with Crippen LogP contribution < -0.4 is 5.32 Å². The van der Waals surface area contributed by atoms with Crippen LogP contribution in [0.5, 0.6) is 0 Å². The van der Waals surface area contributed by atoms with E-state index in [9.17, 15) is 23.5 Å². The first-order chi connectivity index (χ1) is 21.2. The number of ether oxygens (including phenoxy) is 2. The highest BCUT2D eigenvalue weighted by molar-refractivity contribution is 7.11. The summed E-state index contributed by atoms with van der Waals surface area (Å²) in [6, 6.07) is -1.22. The SMILES string of the molecule is COC(=O)C1=C(CN2CC(F)(F)[C@@H]3[C@H]2CON3C[C@@H](OC)C(C)(C)C(=O)O)NC(c2nccs2)=N[C@H]1c1ccc(F)c(F)c1C. The molecule has 0 radical (unpaired) electrons. The van der Waals surface area contributed by atoms with E-state index in [2.05, 4.69) is 15.3 Å². The number of esters is 1. The quantitative estimate of drug-likeness (QED) is 0.291. The number of rotatable bonds is 10. The third-order valence-corrected chi connectivity index (χ3v) is 9.37. The highest BCUT2D eigenvalue weighted by Gasteiger charge is 2.61. The number of methoxy groups -OCH3 is 2. The van der Waals surface area contributed by atoms with Gasteiger partial charge >= 0.3 is 11.9 Å². The van der Waals surface area contributed by atoms with Crippen LogP contribution in [-0.4, -0.2) is 102 Å². The van der Waals surface area contributed by atoms with E-state index in [0.29, 0.717) is 5.01 Å². The Morgan fingerprint density at radius 3 is 2.64 bits per heavy atom. The Bertz CT molecular complexity index is 1540. The second-order valence-electron chi connectivity index (χ2n) is 11.6. The minimum atomic E-state index is -3.30. The summed E-state index contributed by atoms with van der Waals surface area (Å²) < 4.78 is 70.6. The van der Waals surface area contributed by atoms with Gasteiger partial charge in [0, 0.05) is 30.9 Å². The molecule has 16 heteroatoms. The molecule has 45 heavy (non-hydrogen) atoms. The molecule has 3 aliphatic heterocycles. The van der Waals surface area contributed by atoms with E-state index in [1.165, 1.54) is 56.4 Å². The smallest absolute Gasteiger partial charge is 0.338 e. The van der Waals surface area contributed by atoms with Crippen molar-refractivity contribution in [1.82, 2.24) is 20.3 Å². The average molecular weight is 656 g/mol. The molecule has 0 saturated carbocycles. The molecule has 3 aliphatic rings. The van der Waals surface area contributed by atoms with E-state index in [-0.39, 0.29) is 47.9 Å². The summed E-state index contributed by atoms with van der Waals surface area (Å²) in [6.07, 6.45) is 0.570. The number of carboxylic acid groups (broad SMARTS) is 1. The van der Waals surface area contributed by atoms with Gasteiger partial charge < -0.3 is 19.9 Å². The highest BCUT2D eigenvalue weighted by Crippen LogP contribution is 2.42. The van der Waals surface area contributed by atoms with Crippen LogP contribution in [0.25, 0.3) is 0 Å². The van der Waals surface area contributed by atoms with Crippen LogP contribution in [0.4, 0.5) is 17.6 Å². The average Bonchev–Trinajstić information content (AvgIpc) is 3.73. The number of carboxylic acids is 1. The van der Waals surface area contributed by atoms with Crippen molar-refractivity contribution in [3.05, 3.63) is 62.7 Å². The Morgan fingerprint density at radius 1 is 1.29 bits per heavy atom. The van der Waals surface area contributed by atoms with Gasteiger partial charge in [0.2, 0.25) is 0 Å². The molecule has 4 heterocycles. The van der Waals surface area contributed by atoms with Crippen LogP contribution in [0.15, 0.2) is 40.0 Å². The maximum absolute atomic E-state index is 15.7. The van der Waals surface area contributed by atoms with E-state index < -0.39 is 65.7 Å². The molecule has 2 saturated heterocycles. The third-order valence-electron chi connectivity index (χ3n) is 8.59. The zero-order valence-corrected chi connectivity index (χ0v) is 26.0. The number of hydroxylamine groups is 2. The van der Waals surface area contributed by atoms with Crippen molar-refractivity contribution in [3.8, 4) is 0 Å². The summed E-state index contributed by atoms with van der Waals surface area (Å²) in [5, 5.41) is 15.9. The van der Waals surface area contributed by atoms with E-state index in [1.54, 1.807) is 5.38 Å². The van der Waals surface area contributed by atoms with Gasteiger partial charge in [-0.1, -0.05) is 6.07 Å². The summed E-state index contributed by atoms with van der Waals surface area (Å²) in [5.74, 6) is -7.24. The van der Waals surface area contributed by atoms with E-state index >= 15 is 8.78 Å². The molecule has 0 bridgehead atoms. The fraction of sp³-hybridized carbons (Fsp3) is 0.517. The first-order valence-electron chi connectivity index (χ1n) is 14.0. The number of hydrogen-bond acceptors (Lipinski definition) is 11. The van der Waals surface area contributed by atoms with Crippen LogP contribution >= 0.6 is 11.3 Å². The zero-order valence-electron chi connectivity index (χ0n) is 25.1. The van der Waals surface area contributed by atoms with Crippen molar-refractivity contribution in [2.24, 2.45) is 10.4 Å². The Hall–Kier alpha value is -3.44. The van der Waals surface area contributed by atoms with E-state index in [4.69, 9.17) is 14.3 Å². The predicted octanol–water partition coefficient (Wildman–Crippen LogP) is 3.31. The second kappa shape index (κ2) is 12.4. The molecule has 2 fully saturated rings. The lowest BCUT2D eigenvalue weighted by Gasteiger charge is -2.34. The number of benzene rings is 1. The molecular formula is C29H33F4N5O6S. The van der Waals surface area contributed by atoms with Gasteiger partial charge in [-0.15, -0.1) is 11.3 Å². The monoisotopic (exact) mass is 655 g/mol. The predicted molar refractivity (Wildman–Crippen MR) is 154 cm³/mol. The molecular weight excluding hydrogens is 622 g/mol. The number of fused-ring (bicyclic) bond motifs is 1. The maximum atomic E-state index is 15.7. The molecule has 5 rings (SSSR count). The number of aliphatic imine (C=N–C) groups is 1. The minimum Gasteiger partial charge on any atom is -0.481 e. The van der Waals surface area contributed by atoms with Crippen molar-refractivity contribution in [3.63, 3.8) is 0 Å². The molecule has 4 atom stereocenters. The number of amidine groups is 1. The first kappa shape index (κ1) is 32.9. The van der Waals surface area contributed by atoms with Gasteiger partial charge in [-0.3, -0.25) is 19.5 Å². The van der Waals surface area contributed by atoms with E-state index in [1.807, 2.05) is 0 Å². The lowest BCUT2D eigenvalue weighted by Crippen LogP contribution is -2.51. The van der Waals surface area contributed by atoms with Crippen molar-refractivity contribution in [2.45, 2.75) is 50.9 Å². The number of thiazole rings is 1. The summed E-state index contributed by atoms with van der Waals surface area (Å²) in [5.41, 5.74) is -1.16. The molecule has 244 valence electrons. The molecule has 0 unspecified atom stereocenters. The number of hydrogen-bond donors (Lipinski definition) is 2. The van der Waals surface area contributed by atoms with Gasteiger partial charge in [0.15, 0.2) is 22.5 Å². The number of alkyl halides is 2. The minimum absolute atomic E-state index is 0.0582. The van der Waals surface area contributed by atoms with E-state index in [0.717, 1.165) is 18.2 Å². The number of aliphatic carboxylic acids is 1. The van der Waals surface area contributed by atoms with Gasteiger partial charge in [0.1, 0.15) is 12.1 Å².